The Morgan fingerprint density at radius 3 is 2.87 bits per heavy atom. The molecule has 0 aliphatic heterocycles. The predicted molar refractivity (Wildman–Crippen MR) is 59.1 cm³/mol. The first-order valence-electron chi connectivity index (χ1n) is 5.01. The number of anilines is 1. The van der Waals surface area contributed by atoms with Gasteiger partial charge in [-0.3, -0.25) is 0 Å². The third-order valence-corrected chi connectivity index (χ3v) is 3.13. The summed E-state index contributed by atoms with van der Waals surface area (Å²) in [5.74, 6) is 0.748. The van der Waals surface area contributed by atoms with Crippen molar-refractivity contribution < 1.29 is 4.74 Å². The summed E-state index contributed by atoms with van der Waals surface area (Å²) in [4.78, 5) is 7.89. The van der Waals surface area contributed by atoms with Crippen LogP contribution in [0.4, 0.5) is 5.82 Å². The zero-order valence-corrected chi connectivity index (χ0v) is 9.42. The Morgan fingerprint density at radius 2 is 2.33 bits per heavy atom. The van der Waals surface area contributed by atoms with Gasteiger partial charge in [0.25, 0.3) is 0 Å². The lowest BCUT2D eigenvalue weighted by molar-refractivity contribution is -0.0601. The summed E-state index contributed by atoms with van der Waals surface area (Å²) in [5, 5.41) is 3.67. The zero-order chi connectivity index (χ0) is 10.7. The Hall–Kier alpha value is -0.870. The molecule has 1 saturated carbocycles. The number of hydrogen-bond donors (Lipinski definition) is 1. The van der Waals surface area contributed by atoms with E-state index in [1.54, 1.807) is 13.2 Å². The monoisotopic (exact) mass is 227 g/mol. The number of rotatable bonds is 4. The van der Waals surface area contributed by atoms with E-state index in [4.69, 9.17) is 16.3 Å². The maximum atomic E-state index is 5.75. The van der Waals surface area contributed by atoms with Crippen LogP contribution in [0.25, 0.3) is 0 Å². The van der Waals surface area contributed by atoms with E-state index in [0.29, 0.717) is 5.15 Å². The van der Waals surface area contributed by atoms with Crippen molar-refractivity contribution in [3.05, 3.63) is 17.5 Å². The van der Waals surface area contributed by atoms with Crippen molar-refractivity contribution in [2.45, 2.75) is 24.9 Å². The van der Waals surface area contributed by atoms with E-state index < -0.39 is 0 Å². The predicted octanol–water partition coefficient (Wildman–Crippen LogP) is 2.11. The average Bonchev–Trinajstić information content (AvgIpc) is 2.17. The molecule has 0 aromatic carbocycles. The van der Waals surface area contributed by atoms with Gasteiger partial charge in [-0.05, 0) is 19.3 Å². The van der Waals surface area contributed by atoms with Crippen molar-refractivity contribution in [1.82, 2.24) is 9.97 Å². The lowest BCUT2D eigenvalue weighted by atomic mass is 9.80. The van der Waals surface area contributed by atoms with Crippen LogP contribution in [0, 0.1) is 0 Å². The van der Waals surface area contributed by atoms with Gasteiger partial charge in [-0.15, -0.1) is 0 Å². The Bertz CT molecular complexity index is 336. The summed E-state index contributed by atoms with van der Waals surface area (Å²) < 4.78 is 5.49. The van der Waals surface area contributed by atoms with Crippen LogP contribution in [-0.2, 0) is 4.74 Å². The van der Waals surface area contributed by atoms with Gasteiger partial charge in [-0.2, -0.15) is 0 Å². The molecule has 2 rings (SSSR count). The summed E-state index contributed by atoms with van der Waals surface area (Å²) in [6.07, 6.45) is 4.90. The molecule has 1 N–H and O–H groups in total. The fourth-order valence-corrected chi connectivity index (χ4v) is 1.85. The quantitative estimate of drug-likeness (QED) is 0.801. The second-order valence-corrected chi connectivity index (χ2v) is 4.21. The van der Waals surface area contributed by atoms with Gasteiger partial charge in [-0.25, -0.2) is 9.97 Å². The highest BCUT2D eigenvalue weighted by Crippen LogP contribution is 2.34. The summed E-state index contributed by atoms with van der Waals surface area (Å²) in [6, 6.07) is 1.71. The topological polar surface area (TPSA) is 47.0 Å². The van der Waals surface area contributed by atoms with Gasteiger partial charge in [0.1, 0.15) is 17.3 Å². The van der Waals surface area contributed by atoms with E-state index in [1.165, 1.54) is 12.7 Å². The van der Waals surface area contributed by atoms with Crippen LogP contribution in [0.3, 0.4) is 0 Å². The highest BCUT2D eigenvalue weighted by Gasteiger charge is 2.36. The van der Waals surface area contributed by atoms with E-state index in [2.05, 4.69) is 15.3 Å². The fraction of sp³-hybridized carbons (Fsp3) is 0.600. The number of nitrogens with zero attached hydrogens (tertiary/aromatic N) is 2. The zero-order valence-electron chi connectivity index (χ0n) is 8.66. The van der Waals surface area contributed by atoms with E-state index in [0.717, 1.165) is 25.2 Å². The van der Waals surface area contributed by atoms with Crippen LogP contribution in [0.5, 0.6) is 0 Å². The molecule has 1 heterocycles. The summed E-state index contributed by atoms with van der Waals surface area (Å²) in [5.41, 5.74) is -0.00255. The third kappa shape index (κ3) is 2.38. The molecule has 1 aliphatic rings. The number of hydrogen-bond acceptors (Lipinski definition) is 4. The molecule has 5 heteroatoms. The highest BCUT2D eigenvalue weighted by molar-refractivity contribution is 6.29. The Labute approximate surface area is 94.0 Å². The molecule has 0 bridgehead atoms. The molecule has 1 fully saturated rings. The largest absolute Gasteiger partial charge is 0.376 e. The highest BCUT2D eigenvalue weighted by atomic mass is 35.5. The SMILES string of the molecule is COC1(CNc2cc(Cl)ncn2)CCC1. The second kappa shape index (κ2) is 4.33. The molecule has 0 saturated heterocycles. The van der Waals surface area contributed by atoms with Crippen LogP contribution in [0.2, 0.25) is 5.15 Å². The molecule has 0 unspecified atom stereocenters. The van der Waals surface area contributed by atoms with Crippen molar-refractivity contribution in [3.8, 4) is 0 Å². The minimum absolute atomic E-state index is 0.00255. The van der Waals surface area contributed by atoms with Crippen LogP contribution in [0.15, 0.2) is 12.4 Å². The Kier molecular flexibility index (Phi) is 3.07. The van der Waals surface area contributed by atoms with Crippen molar-refractivity contribution in [2.24, 2.45) is 0 Å². The van der Waals surface area contributed by atoms with Gasteiger partial charge in [0, 0.05) is 19.7 Å². The van der Waals surface area contributed by atoms with Crippen molar-refractivity contribution in [1.29, 1.82) is 0 Å². The number of nitrogens with one attached hydrogen (secondary N) is 1. The van der Waals surface area contributed by atoms with E-state index in [-0.39, 0.29) is 5.60 Å². The van der Waals surface area contributed by atoms with Gasteiger partial charge >= 0.3 is 0 Å². The Balaban J connectivity index is 1.92. The standard InChI is InChI=1S/C10H14ClN3O/c1-15-10(3-2-4-10)6-12-9-5-8(11)13-7-14-9/h5,7H,2-4,6H2,1H3,(H,12,13,14). The summed E-state index contributed by atoms with van der Waals surface area (Å²) >= 11 is 5.75. The van der Waals surface area contributed by atoms with Crippen LogP contribution in [0.1, 0.15) is 19.3 Å². The summed E-state index contributed by atoms with van der Waals surface area (Å²) in [7, 11) is 1.76. The van der Waals surface area contributed by atoms with Gasteiger partial charge in [0.2, 0.25) is 0 Å². The summed E-state index contributed by atoms with van der Waals surface area (Å²) in [6.45, 7) is 0.775. The minimum atomic E-state index is -0.00255. The molecule has 15 heavy (non-hydrogen) atoms. The molecule has 0 radical (unpaired) electrons. The maximum Gasteiger partial charge on any atom is 0.134 e. The lowest BCUT2D eigenvalue weighted by Gasteiger charge is -2.40. The van der Waals surface area contributed by atoms with Gasteiger partial charge in [-0.1, -0.05) is 11.6 Å². The molecule has 1 aliphatic carbocycles. The van der Waals surface area contributed by atoms with Crippen molar-refractivity contribution in [3.63, 3.8) is 0 Å². The van der Waals surface area contributed by atoms with Crippen LogP contribution < -0.4 is 5.32 Å². The first-order valence-corrected chi connectivity index (χ1v) is 5.38. The molecule has 4 nitrogen and oxygen atoms in total. The first-order chi connectivity index (χ1) is 7.24. The second-order valence-electron chi connectivity index (χ2n) is 3.82. The minimum Gasteiger partial charge on any atom is -0.376 e. The number of halogens is 1. The average molecular weight is 228 g/mol. The molecule has 0 amide bonds. The molecule has 0 spiro atoms. The van der Waals surface area contributed by atoms with Gasteiger partial charge < -0.3 is 10.1 Å². The van der Waals surface area contributed by atoms with Crippen LogP contribution >= 0.6 is 11.6 Å². The third-order valence-electron chi connectivity index (χ3n) is 2.92. The van der Waals surface area contributed by atoms with E-state index in [1.807, 2.05) is 0 Å². The lowest BCUT2D eigenvalue weighted by Crippen LogP contribution is -2.45. The van der Waals surface area contributed by atoms with Gasteiger partial charge in [0.15, 0.2) is 0 Å². The molecule has 1 aromatic rings. The molecular weight excluding hydrogens is 214 g/mol. The van der Waals surface area contributed by atoms with Crippen molar-refractivity contribution >= 4 is 17.4 Å². The number of ether oxygens (including phenoxy) is 1. The first kappa shape index (κ1) is 10.6. The molecule has 1 aromatic heterocycles. The van der Waals surface area contributed by atoms with Crippen LogP contribution in [-0.4, -0.2) is 29.2 Å². The number of aromatic nitrogens is 2. The molecule has 82 valence electrons. The maximum absolute atomic E-state index is 5.75. The normalized spacial score (nSPS) is 18.3. The Morgan fingerprint density at radius 1 is 1.53 bits per heavy atom. The fourth-order valence-electron chi connectivity index (χ4n) is 1.71. The number of methoxy groups -OCH3 is 1. The van der Waals surface area contributed by atoms with E-state index in [9.17, 15) is 0 Å². The van der Waals surface area contributed by atoms with Crippen molar-refractivity contribution in [2.75, 3.05) is 19.0 Å². The molecular formula is C10H14ClN3O. The smallest absolute Gasteiger partial charge is 0.134 e. The molecule has 0 atom stereocenters. The van der Waals surface area contributed by atoms with E-state index >= 15 is 0 Å². The van der Waals surface area contributed by atoms with Gasteiger partial charge in [0.05, 0.1) is 5.60 Å².